The zero-order chi connectivity index (χ0) is 19.4. The molecule has 1 aromatic rings. The fourth-order valence-electron chi connectivity index (χ4n) is 2.03. The lowest BCUT2D eigenvalue weighted by atomic mass is 10.0. The third-order valence-electron chi connectivity index (χ3n) is 3.43. The smallest absolute Gasteiger partial charge is 0.354 e. The van der Waals surface area contributed by atoms with Gasteiger partial charge in [-0.15, -0.1) is 0 Å². The van der Waals surface area contributed by atoms with E-state index in [1.165, 1.54) is 0 Å². The molecule has 25 heavy (non-hydrogen) atoms. The van der Waals surface area contributed by atoms with E-state index in [1.54, 1.807) is 6.92 Å². The van der Waals surface area contributed by atoms with E-state index in [0.29, 0.717) is 25.0 Å². The van der Waals surface area contributed by atoms with Crippen LogP contribution in [0.2, 0.25) is 0 Å². The second-order valence-corrected chi connectivity index (χ2v) is 5.93. The van der Waals surface area contributed by atoms with Crippen LogP contribution in [-0.4, -0.2) is 24.5 Å². The number of alkyl halides is 6. The second-order valence-electron chi connectivity index (χ2n) is 5.93. The van der Waals surface area contributed by atoms with Crippen molar-refractivity contribution in [3.05, 3.63) is 34.9 Å². The van der Waals surface area contributed by atoms with Crippen molar-refractivity contribution < 1.29 is 36.9 Å². The Bertz CT molecular complexity index is 566. The molecule has 0 heterocycles. The van der Waals surface area contributed by atoms with Crippen LogP contribution >= 0.6 is 0 Å². The number of carbonyl (C=O) groups is 1. The van der Waals surface area contributed by atoms with Crippen LogP contribution in [0.1, 0.15) is 41.3 Å². The lowest BCUT2D eigenvalue weighted by Crippen LogP contribution is -2.65. The molecule has 0 bridgehead atoms. The first-order chi connectivity index (χ1) is 11.3. The van der Waals surface area contributed by atoms with E-state index in [4.69, 9.17) is 5.73 Å². The van der Waals surface area contributed by atoms with Crippen LogP contribution in [0.5, 0.6) is 0 Å². The van der Waals surface area contributed by atoms with Gasteiger partial charge >= 0.3 is 12.4 Å². The molecule has 0 spiro atoms. The molecule has 0 fully saturated rings. The maximum Gasteiger partial charge on any atom is 0.416 e. The number of amides is 1. The summed E-state index contributed by atoms with van der Waals surface area (Å²) in [6.07, 6.45) is -8.80. The van der Waals surface area contributed by atoms with Crippen LogP contribution in [0.4, 0.5) is 26.3 Å². The second kappa shape index (κ2) is 8.05. The molecule has 0 radical (unpaired) electrons. The number of nitrogens with two attached hydrogens (primary N) is 1. The van der Waals surface area contributed by atoms with Gasteiger partial charge < -0.3 is 16.8 Å². The van der Waals surface area contributed by atoms with Gasteiger partial charge in [0, 0.05) is 18.0 Å². The average molecular weight is 372 g/mol. The number of halogens is 6. The maximum absolute atomic E-state index is 12.8. The van der Waals surface area contributed by atoms with Crippen molar-refractivity contribution in [3.8, 4) is 0 Å². The van der Waals surface area contributed by atoms with Gasteiger partial charge in [0.15, 0.2) is 0 Å². The summed E-state index contributed by atoms with van der Waals surface area (Å²) in [5, 5.41) is 2.30. The highest BCUT2D eigenvalue weighted by Gasteiger charge is 2.37. The summed E-state index contributed by atoms with van der Waals surface area (Å²) in [6.45, 7) is 1.80. The molecule has 0 aromatic heterocycles. The molecule has 4 nitrogen and oxygen atoms in total. The van der Waals surface area contributed by atoms with Crippen molar-refractivity contribution in [1.29, 1.82) is 0 Å². The summed E-state index contributed by atoms with van der Waals surface area (Å²) in [5.74, 6) is -1.02. The van der Waals surface area contributed by atoms with Crippen molar-refractivity contribution in [2.24, 2.45) is 5.73 Å². The largest absolute Gasteiger partial charge is 0.416 e. The van der Waals surface area contributed by atoms with Crippen molar-refractivity contribution in [1.82, 2.24) is 5.32 Å². The monoisotopic (exact) mass is 372 g/mol. The number of nitrogens with one attached hydrogen (secondary N) is 1. The predicted molar refractivity (Wildman–Crippen MR) is 78.3 cm³/mol. The number of rotatable bonds is 6. The van der Waals surface area contributed by atoms with Crippen molar-refractivity contribution >= 4 is 5.91 Å². The summed E-state index contributed by atoms with van der Waals surface area (Å²) in [7, 11) is 0. The fraction of sp³-hybridized carbons (Fsp3) is 0.533. The van der Waals surface area contributed by atoms with E-state index < -0.39 is 35.0 Å². The van der Waals surface area contributed by atoms with E-state index >= 15 is 0 Å². The summed E-state index contributed by atoms with van der Waals surface area (Å²) in [4.78, 5) is 11.9. The molecule has 142 valence electrons. The SMILES string of the molecule is CC(N)CC[C@H]([NH3+])CNC(=O)c1cc(C(F)(F)F)cc(C(F)(F)F)c1. The lowest BCUT2D eigenvalue weighted by Gasteiger charge is -2.15. The molecule has 1 amide bonds. The van der Waals surface area contributed by atoms with Gasteiger partial charge in [0.05, 0.1) is 17.7 Å². The first kappa shape index (κ1) is 21.2. The number of hydrogen-bond acceptors (Lipinski definition) is 2. The van der Waals surface area contributed by atoms with Crippen LogP contribution < -0.4 is 16.8 Å². The summed E-state index contributed by atoms with van der Waals surface area (Å²) in [5.41, 5.74) is 5.56. The Kier molecular flexibility index (Phi) is 6.83. The van der Waals surface area contributed by atoms with E-state index in [-0.39, 0.29) is 24.7 Å². The van der Waals surface area contributed by atoms with Gasteiger partial charge in [-0.3, -0.25) is 4.79 Å². The Morgan fingerprint density at radius 2 is 1.56 bits per heavy atom. The highest BCUT2D eigenvalue weighted by molar-refractivity contribution is 5.94. The van der Waals surface area contributed by atoms with Gasteiger partial charge in [-0.2, -0.15) is 26.3 Å². The summed E-state index contributed by atoms with van der Waals surface area (Å²) >= 11 is 0. The van der Waals surface area contributed by atoms with Crippen LogP contribution in [0.25, 0.3) is 0 Å². The molecule has 0 aliphatic rings. The number of benzene rings is 1. The van der Waals surface area contributed by atoms with Gasteiger partial charge in [0.1, 0.15) is 6.04 Å². The van der Waals surface area contributed by atoms with E-state index in [9.17, 15) is 31.1 Å². The Morgan fingerprint density at radius 3 is 1.96 bits per heavy atom. The van der Waals surface area contributed by atoms with Gasteiger partial charge in [-0.05, 0) is 31.5 Å². The van der Waals surface area contributed by atoms with E-state index in [0.717, 1.165) is 0 Å². The molecular weight excluding hydrogens is 352 g/mol. The highest BCUT2D eigenvalue weighted by Crippen LogP contribution is 2.36. The van der Waals surface area contributed by atoms with Crippen LogP contribution in [0, 0.1) is 0 Å². The quantitative estimate of drug-likeness (QED) is 0.669. The molecule has 6 N–H and O–H groups in total. The fourth-order valence-corrected chi connectivity index (χ4v) is 2.03. The molecule has 2 atom stereocenters. The minimum atomic E-state index is -5.00. The van der Waals surface area contributed by atoms with Gasteiger partial charge in [0.25, 0.3) is 5.91 Å². The van der Waals surface area contributed by atoms with Crippen LogP contribution in [-0.2, 0) is 12.4 Å². The van der Waals surface area contributed by atoms with Gasteiger partial charge in [0.2, 0.25) is 0 Å². The third kappa shape index (κ3) is 6.91. The molecule has 1 aromatic carbocycles. The molecule has 0 aliphatic carbocycles. The molecule has 0 saturated carbocycles. The Hall–Kier alpha value is -1.81. The first-order valence-electron chi connectivity index (χ1n) is 7.47. The van der Waals surface area contributed by atoms with Crippen molar-refractivity contribution in [2.45, 2.75) is 44.2 Å². The third-order valence-corrected chi connectivity index (χ3v) is 3.43. The predicted octanol–water partition coefficient (Wildman–Crippen LogP) is 2.19. The van der Waals surface area contributed by atoms with Crippen LogP contribution in [0.3, 0.4) is 0 Å². The molecule has 10 heteroatoms. The van der Waals surface area contributed by atoms with E-state index in [1.807, 2.05) is 0 Å². The summed E-state index contributed by atoms with van der Waals surface area (Å²) in [6, 6.07) is 0.430. The topological polar surface area (TPSA) is 82.8 Å². The molecule has 0 saturated heterocycles. The Balaban J connectivity index is 2.94. The normalized spacial score (nSPS) is 14.9. The van der Waals surface area contributed by atoms with Crippen molar-refractivity contribution in [3.63, 3.8) is 0 Å². The maximum atomic E-state index is 12.8. The lowest BCUT2D eigenvalue weighted by molar-refractivity contribution is -0.418. The number of carbonyl (C=O) groups excluding carboxylic acids is 1. The molecular formula is C15H20F6N3O+. The molecule has 1 unspecified atom stereocenters. The first-order valence-corrected chi connectivity index (χ1v) is 7.47. The zero-order valence-corrected chi connectivity index (χ0v) is 13.5. The van der Waals surface area contributed by atoms with Crippen LogP contribution in [0.15, 0.2) is 18.2 Å². The number of hydrogen-bond donors (Lipinski definition) is 3. The zero-order valence-electron chi connectivity index (χ0n) is 13.5. The Morgan fingerprint density at radius 1 is 1.08 bits per heavy atom. The highest BCUT2D eigenvalue weighted by atomic mass is 19.4. The average Bonchev–Trinajstić information content (AvgIpc) is 2.48. The molecule has 1 rings (SSSR count). The minimum absolute atomic E-state index is 0.0170. The minimum Gasteiger partial charge on any atom is -0.354 e. The van der Waals surface area contributed by atoms with Gasteiger partial charge in [-0.25, -0.2) is 0 Å². The van der Waals surface area contributed by atoms with E-state index in [2.05, 4.69) is 11.1 Å². The number of quaternary nitrogens is 1. The van der Waals surface area contributed by atoms with Gasteiger partial charge in [-0.1, -0.05) is 0 Å². The standard InChI is InChI=1S/C15H19F6N3O/c1-8(22)2-3-12(23)7-24-13(25)9-4-10(14(16,17)18)6-11(5-9)15(19,20)21/h4-6,8,12H,2-3,7,22-23H2,1H3,(H,24,25)/p+1/t8?,12-/m0/s1. The summed E-state index contributed by atoms with van der Waals surface area (Å²) < 4.78 is 76.6. The Labute approximate surface area is 140 Å². The van der Waals surface area contributed by atoms with Crippen molar-refractivity contribution in [2.75, 3.05) is 6.54 Å². The molecule has 0 aliphatic heterocycles.